The Hall–Kier alpha value is -1.26. The van der Waals surface area contributed by atoms with Gasteiger partial charge in [-0.2, -0.15) is 0 Å². The van der Waals surface area contributed by atoms with E-state index in [9.17, 15) is 9.59 Å². The second-order valence-electron chi connectivity index (χ2n) is 5.44. The van der Waals surface area contributed by atoms with Crippen LogP contribution in [0.3, 0.4) is 0 Å². The third kappa shape index (κ3) is 5.49. The zero-order valence-electron chi connectivity index (χ0n) is 12.0. The van der Waals surface area contributed by atoms with Crippen molar-refractivity contribution in [3.05, 3.63) is 0 Å². The van der Waals surface area contributed by atoms with E-state index >= 15 is 0 Å². The molecule has 1 rings (SSSR count). The summed E-state index contributed by atoms with van der Waals surface area (Å²) in [4.78, 5) is 24.7. The van der Waals surface area contributed by atoms with Crippen molar-refractivity contribution in [3.8, 4) is 0 Å². The van der Waals surface area contributed by atoms with Crippen molar-refractivity contribution in [1.82, 2.24) is 10.2 Å². The second-order valence-corrected chi connectivity index (χ2v) is 5.44. The number of carboxylic acids is 1. The molecule has 1 unspecified atom stereocenters. The van der Waals surface area contributed by atoms with E-state index < -0.39 is 5.97 Å². The Bertz CT molecular complexity index is 301. The predicted octanol–water partition coefficient (Wildman–Crippen LogP) is 2.60. The van der Waals surface area contributed by atoms with Crippen molar-refractivity contribution in [2.45, 2.75) is 70.4 Å². The van der Waals surface area contributed by atoms with Crippen molar-refractivity contribution in [1.29, 1.82) is 0 Å². The lowest BCUT2D eigenvalue weighted by atomic mass is 9.95. The van der Waals surface area contributed by atoms with Gasteiger partial charge < -0.3 is 15.3 Å². The Morgan fingerprint density at radius 2 is 1.95 bits per heavy atom. The van der Waals surface area contributed by atoms with Gasteiger partial charge >= 0.3 is 12.0 Å². The summed E-state index contributed by atoms with van der Waals surface area (Å²) in [5.74, 6) is -0.862. The molecule has 2 amide bonds. The molecule has 110 valence electrons. The third-order valence-corrected chi connectivity index (χ3v) is 3.83. The molecule has 0 aromatic carbocycles. The molecule has 0 heterocycles. The smallest absolute Gasteiger partial charge is 0.317 e. The molecule has 5 heteroatoms. The average Bonchev–Trinajstić information content (AvgIpc) is 2.38. The molecule has 0 saturated heterocycles. The number of carbonyl (C=O) groups excluding carboxylic acids is 1. The predicted molar refractivity (Wildman–Crippen MR) is 74.1 cm³/mol. The summed E-state index contributed by atoms with van der Waals surface area (Å²) in [6.07, 6.45) is 7.29. The highest BCUT2D eigenvalue weighted by molar-refractivity contribution is 5.76. The maximum atomic E-state index is 12.1. The van der Waals surface area contributed by atoms with Gasteiger partial charge in [0.15, 0.2) is 0 Å². The standard InChI is InChI=1S/C14H26N2O3/c1-3-7-11(10-13(17)18)15-14(19)16(2)12-8-5-4-6-9-12/h11-12H,3-10H2,1-2H3,(H,15,19)(H,17,18). The number of rotatable bonds is 6. The van der Waals surface area contributed by atoms with Gasteiger partial charge in [0.25, 0.3) is 0 Å². The van der Waals surface area contributed by atoms with Crippen LogP contribution in [0.25, 0.3) is 0 Å². The molecule has 1 saturated carbocycles. The van der Waals surface area contributed by atoms with Crippen LogP contribution in [-0.4, -0.2) is 41.1 Å². The monoisotopic (exact) mass is 270 g/mol. The fraction of sp³-hybridized carbons (Fsp3) is 0.857. The summed E-state index contributed by atoms with van der Waals surface area (Å²) in [5, 5.41) is 11.7. The first kappa shape index (κ1) is 15.8. The maximum absolute atomic E-state index is 12.1. The number of carbonyl (C=O) groups is 2. The molecule has 1 atom stereocenters. The zero-order valence-corrected chi connectivity index (χ0v) is 12.0. The molecule has 5 nitrogen and oxygen atoms in total. The summed E-state index contributed by atoms with van der Waals surface area (Å²) in [6, 6.07) is -0.0894. The zero-order chi connectivity index (χ0) is 14.3. The summed E-state index contributed by atoms with van der Waals surface area (Å²) in [7, 11) is 1.81. The van der Waals surface area contributed by atoms with Crippen LogP contribution in [0, 0.1) is 0 Å². The lowest BCUT2D eigenvalue weighted by Crippen LogP contribution is -2.48. The van der Waals surface area contributed by atoms with E-state index in [1.54, 1.807) is 4.90 Å². The van der Waals surface area contributed by atoms with E-state index in [1.807, 2.05) is 14.0 Å². The molecule has 2 N–H and O–H groups in total. The molecular formula is C14H26N2O3. The van der Waals surface area contributed by atoms with Crippen LogP contribution in [0.4, 0.5) is 4.79 Å². The Balaban J connectivity index is 2.47. The molecule has 0 radical (unpaired) electrons. The van der Waals surface area contributed by atoms with Crippen LogP contribution in [-0.2, 0) is 4.79 Å². The van der Waals surface area contributed by atoms with E-state index in [2.05, 4.69) is 5.32 Å². The van der Waals surface area contributed by atoms with Crippen LogP contribution in [0.15, 0.2) is 0 Å². The van der Waals surface area contributed by atoms with Crippen molar-refractivity contribution < 1.29 is 14.7 Å². The topological polar surface area (TPSA) is 69.6 Å². The first-order chi connectivity index (χ1) is 9.04. The van der Waals surface area contributed by atoms with Gasteiger partial charge in [0.05, 0.1) is 6.42 Å². The van der Waals surface area contributed by atoms with E-state index in [0.29, 0.717) is 12.5 Å². The molecule has 0 aromatic heterocycles. The number of nitrogens with zero attached hydrogens (tertiary/aromatic N) is 1. The van der Waals surface area contributed by atoms with Crippen molar-refractivity contribution >= 4 is 12.0 Å². The molecule has 19 heavy (non-hydrogen) atoms. The minimum atomic E-state index is -0.862. The molecule has 0 bridgehead atoms. The normalized spacial score (nSPS) is 17.8. The Kier molecular flexibility index (Phi) is 6.67. The number of hydrogen-bond acceptors (Lipinski definition) is 2. The van der Waals surface area contributed by atoms with E-state index in [1.165, 1.54) is 19.3 Å². The molecule has 0 spiro atoms. The fourth-order valence-electron chi connectivity index (χ4n) is 2.70. The van der Waals surface area contributed by atoms with E-state index in [-0.39, 0.29) is 18.5 Å². The van der Waals surface area contributed by atoms with E-state index in [0.717, 1.165) is 19.3 Å². The van der Waals surface area contributed by atoms with Gasteiger partial charge in [-0.25, -0.2) is 4.79 Å². The average molecular weight is 270 g/mol. The van der Waals surface area contributed by atoms with Gasteiger partial charge in [-0.15, -0.1) is 0 Å². The molecular weight excluding hydrogens is 244 g/mol. The van der Waals surface area contributed by atoms with Crippen molar-refractivity contribution in [2.75, 3.05) is 7.05 Å². The van der Waals surface area contributed by atoms with Crippen LogP contribution in [0.5, 0.6) is 0 Å². The number of urea groups is 1. The highest BCUT2D eigenvalue weighted by Crippen LogP contribution is 2.21. The van der Waals surface area contributed by atoms with Gasteiger partial charge in [0, 0.05) is 19.1 Å². The van der Waals surface area contributed by atoms with Gasteiger partial charge in [0.2, 0.25) is 0 Å². The van der Waals surface area contributed by atoms with Crippen LogP contribution in [0.2, 0.25) is 0 Å². The minimum Gasteiger partial charge on any atom is -0.481 e. The lowest BCUT2D eigenvalue weighted by molar-refractivity contribution is -0.137. The number of nitrogens with one attached hydrogen (secondary N) is 1. The van der Waals surface area contributed by atoms with Gasteiger partial charge in [-0.05, 0) is 19.3 Å². The minimum absolute atomic E-state index is 0.00190. The second kappa shape index (κ2) is 8.02. The van der Waals surface area contributed by atoms with E-state index in [4.69, 9.17) is 5.11 Å². The van der Waals surface area contributed by atoms with Crippen LogP contribution < -0.4 is 5.32 Å². The molecule has 1 fully saturated rings. The first-order valence-electron chi connectivity index (χ1n) is 7.29. The highest BCUT2D eigenvalue weighted by atomic mass is 16.4. The Morgan fingerprint density at radius 3 is 2.47 bits per heavy atom. The Labute approximate surface area is 115 Å². The van der Waals surface area contributed by atoms with Gasteiger partial charge in [-0.3, -0.25) is 4.79 Å². The molecule has 0 aromatic rings. The molecule has 1 aliphatic rings. The number of hydrogen-bond donors (Lipinski definition) is 2. The number of aliphatic carboxylic acids is 1. The largest absolute Gasteiger partial charge is 0.481 e. The number of carboxylic acid groups (broad SMARTS) is 1. The number of amides is 2. The molecule has 0 aliphatic heterocycles. The third-order valence-electron chi connectivity index (χ3n) is 3.83. The summed E-state index contributed by atoms with van der Waals surface area (Å²) in [5.41, 5.74) is 0. The highest BCUT2D eigenvalue weighted by Gasteiger charge is 2.24. The maximum Gasteiger partial charge on any atom is 0.317 e. The van der Waals surface area contributed by atoms with Crippen LogP contribution >= 0.6 is 0 Å². The van der Waals surface area contributed by atoms with Crippen LogP contribution in [0.1, 0.15) is 58.3 Å². The quantitative estimate of drug-likeness (QED) is 0.779. The SMILES string of the molecule is CCCC(CC(=O)O)NC(=O)N(C)C1CCCCC1. The first-order valence-corrected chi connectivity index (χ1v) is 7.29. The van der Waals surface area contributed by atoms with Crippen molar-refractivity contribution in [3.63, 3.8) is 0 Å². The summed E-state index contributed by atoms with van der Waals surface area (Å²) < 4.78 is 0. The fourth-order valence-corrected chi connectivity index (χ4v) is 2.70. The lowest BCUT2D eigenvalue weighted by Gasteiger charge is -2.32. The summed E-state index contributed by atoms with van der Waals surface area (Å²) in [6.45, 7) is 1.99. The summed E-state index contributed by atoms with van der Waals surface area (Å²) >= 11 is 0. The van der Waals surface area contributed by atoms with Crippen molar-refractivity contribution in [2.24, 2.45) is 0 Å². The molecule has 1 aliphatic carbocycles. The Morgan fingerprint density at radius 1 is 1.32 bits per heavy atom. The van der Waals surface area contributed by atoms with Gasteiger partial charge in [0.1, 0.15) is 0 Å². The van der Waals surface area contributed by atoms with Gasteiger partial charge in [-0.1, -0.05) is 32.6 Å².